The van der Waals surface area contributed by atoms with E-state index in [0.29, 0.717) is 11.3 Å². The highest BCUT2D eigenvalue weighted by molar-refractivity contribution is 6.02. The van der Waals surface area contributed by atoms with Gasteiger partial charge in [0, 0.05) is 17.8 Å². The molecular formula is C27H25N3O3. The smallest absolute Gasteiger partial charge is 0.254 e. The average Bonchev–Trinajstić information content (AvgIpc) is 3.54. The Kier molecular flexibility index (Phi) is 5.34. The molecule has 4 aromatic rings. The van der Waals surface area contributed by atoms with E-state index in [-0.39, 0.29) is 24.4 Å². The summed E-state index contributed by atoms with van der Waals surface area (Å²) in [6, 6.07) is 24.0. The normalized spacial score (nSPS) is 14.6. The fraction of sp³-hybridized carbons (Fsp3) is 0.185. The molecule has 0 saturated carbocycles. The van der Waals surface area contributed by atoms with Crippen molar-refractivity contribution < 1.29 is 14.0 Å². The van der Waals surface area contributed by atoms with E-state index in [9.17, 15) is 9.59 Å². The summed E-state index contributed by atoms with van der Waals surface area (Å²) >= 11 is 0. The van der Waals surface area contributed by atoms with Crippen LogP contribution < -0.4 is 4.90 Å². The average molecular weight is 440 g/mol. The Balaban J connectivity index is 1.56. The number of hydrogen-bond acceptors (Lipinski definition) is 3. The van der Waals surface area contributed by atoms with E-state index >= 15 is 0 Å². The molecule has 1 aliphatic heterocycles. The van der Waals surface area contributed by atoms with Gasteiger partial charge in [-0.25, -0.2) is 0 Å². The van der Waals surface area contributed by atoms with Crippen molar-refractivity contribution in [3.05, 3.63) is 108 Å². The third-order valence-electron chi connectivity index (χ3n) is 6.01. The summed E-state index contributed by atoms with van der Waals surface area (Å²) in [5.74, 6) is 0.333. The van der Waals surface area contributed by atoms with Crippen molar-refractivity contribution in [1.82, 2.24) is 9.47 Å². The van der Waals surface area contributed by atoms with Gasteiger partial charge < -0.3 is 13.9 Å². The molecule has 0 saturated heterocycles. The highest BCUT2D eigenvalue weighted by atomic mass is 16.3. The van der Waals surface area contributed by atoms with E-state index < -0.39 is 6.04 Å². The Hall–Kier alpha value is -4.06. The standard InChI is InChI=1S/C27H25N3O3/c1-19(2)29(27(32)20-10-4-3-5-11-20)18-25(31)30-22-13-7-6-12-21(22)28-16-8-14-23(28)26(30)24-15-9-17-33-24/h3-17,19,26H,18H2,1-2H3. The molecule has 3 heterocycles. The number of para-hydroxylation sites is 2. The lowest BCUT2D eigenvalue weighted by Crippen LogP contribution is -2.48. The van der Waals surface area contributed by atoms with Gasteiger partial charge in [-0.05, 0) is 62.4 Å². The van der Waals surface area contributed by atoms with Crippen molar-refractivity contribution >= 4 is 17.5 Å². The van der Waals surface area contributed by atoms with Gasteiger partial charge in [0.2, 0.25) is 5.91 Å². The van der Waals surface area contributed by atoms with Crippen LogP contribution in [0, 0.1) is 0 Å². The van der Waals surface area contributed by atoms with Crippen molar-refractivity contribution in [3.8, 4) is 5.69 Å². The first-order valence-electron chi connectivity index (χ1n) is 11.0. The van der Waals surface area contributed by atoms with Crippen LogP contribution in [0.5, 0.6) is 0 Å². The molecule has 2 aromatic heterocycles. The number of carbonyl (C=O) groups excluding carboxylic acids is 2. The molecule has 2 amide bonds. The van der Waals surface area contributed by atoms with E-state index in [1.165, 1.54) is 0 Å². The predicted octanol–water partition coefficient (Wildman–Crippen LogP) is 5.06. The zero-order valence-corrected chi connectivity index (χ0v) is 18.6. The maximum Gasteiger partial charge on any atom is 0.254 e. The van der Waals surface area contributed by atoms with Crippen molar-refractivity contribution in [2.75, 3.05) is 11.4 Å². The lowest BCUT2D eigenvalue weighted by molar-refractivity contribution is -0.120. The molecule has 0 aliphatic carbocycles. The van der Waals surface area contributed by atoms with E-state index in [2.05, 4.69) is 4.57 Å². The molecule has 0 radical (unpaired) electrons. The Morgan fingerprint density at radius 1 is 0.909 bits per heavy atom. The van der Waals surface area contributed by atoms with Crippen molar-refractivity contribution in [1.29, 1.82) is 0 Å². The van der Waals surface area contributed by atoms with Crippen LogP contribution in [-0.4, -0.2) is 33.9 Å². The number of carbonyl (C=O) groups is 2. The lowest BCUT2D eigenvalue weighted by atomic mass is 10.0. The lowest BCUT2D eigenvalue weighted by Gasteiger charge is -2.38. The molecule has 0 N–H and O–H groups in total. The molecule has 0 spiro atoms. The van der Waals surface area contributed by atoms with Crippen LogP contribution in [0.4, 0.5) is 5.69 Å². The molecule has 166 valence electrons. The van der Waals surface area contributed by atoms with Gasteiger partial charge in [0.05, 0.1) is 23.3 Å². The van der Waals surface area contributed by atoms with Gasteiger partial charge in [-0.2, -0.15) is 0 Å². The zero-order chi connectivity index (χ0) is 22.9. The van der Waals surface area contributed by atoms with Gasteiger partial charge in [0.15, 0.2) is 0 Å². The van der Waals surface area contributed by atoms with Crippen molar-refractivity contribution in [3.63, 3.8) is 0 Å². The van der Waals surface area contributed by atoms with Gasteiger partial charge in [-0.15, -0.1) is 0 Å². The summed E-state index contributed by atoms with van der Waals surface area (Å²) in [4.78, 5) is 30.6. The largest absolute Gasteiger partial charge is 0.467 e. The minimum atomic E-state index is -0.432. The van der Waals surface area contributed by atoms with Crippen LogP contribution in [0.2, 0.25) is 0 Å². The molecule has 6 nitrogen and oxygen atoms in total. The monoisotopic (exact) mass is 439 g/mol. The quantitative estimate of drug-likeness (QED) is 0.437. The summed E-state index contributed by atoms with van der Waals surface area (Å²) in [5.41, 5.74) is 3.19. The molecule has 6 heteroatoms. The van der Waals surface area contributed by atoms with Crippen LogP contribution in [-0.2, 0) is 4.79 Å². The molecule has 1 atom stereocenters. The number of amides is 2. The minimum Gasteiger partial charge on any atom is -0.467 e. The van der Waals surface area contributed by atoms with E-state index in [1.54, 1.807) is 28.2 Å². The third-order valence-corrected chi connectivity index (χ3v) is 6.01. The highest BCUT2D eigenvalue weighted by Gasteiger charge is 2.38. The van der Waals surface area contributed by atoms with E-state index in [4.69, 9.17) is 4.42 Å². The van der Waals surface area contributed by atoms with Crippen molar-refractivity contribution in [2.45, 2.75) is 25.9 Å². The van der Waals surface area contributed by atoms with Gasteiger partial charge in [0.1, 0.15) is 18.3 Å². The first-order chi connectivity index (χ1) is 16.1. The first kappa shape index (κ1) is 20.8. The Bertz CT molecular complexity index is 1270. The number of rotatable bonds is 5. The molecule has 1 unspecified atom stereocenters. The van der Waals surface area contributed by atoms with Crippen LogP contribution >= 0.6 is 0 Å². The summed E-state index contributed by atoms with van der Waals surface area (Å²) in [5, 5.41) is 0. The zero-order valence-electron chi connectivity index (χ0n) is 18.6. The van der Waals surface area contributed by atoms with Gasteiger partial charge in [-0.3, -0.25) is 14.5 Å². The number of nitrogens with zero attached hydrogens (tertiary/aromatic N) is 3. The Labute approximate surface area is 192 Å². The topological polar surface area (TPSA) is 58.7 Å². The van der Waals surface area contributed by atoms with Crippen molar-refractivity contribution in [2.24, 2.45) is 0 Å². The molecule has 5 rings (SSSR count). The summed E-state index contributed by atoms with van der Waals surface area (Å²) in [6.07, 6.45) is 3.61. The van der Waals surface area contributed by atoms with Crippen LogP contribution in [0.3, 0.4) is 0 Å². The van der Waals surface area contributed by atoms with Gasteiger partial charge >= 0.3 is 0 Å². The summed E-state index contributed by atoms with van der Waals surface area (Å²) < 4.78 is 7.86. The fourth-order valence-corrected chi connectivity index (χ4v) is 4.43. The number of anilines is 1. The maximum absolute atomic E-state index is 13.9. The number of hydrogen-bond donors (Lipinski definition) is 0. The SMILES string of the molecule is CC(C)N(CC(=O)N1c2ccccc2-n2cccc2C1c1ccco1)C(=O)c1ccccc1. The third kappa shape index (κ3) is 3.63. The molecule has 1 aliphatic rings. The number of aromatic nitrogens is 1. The van der Waals surface area contributed by atoms with Crippen LogP contribution in [0.25, 0.3) is 5.69 Å². The van der Waals surface area contributed by atoms with Crippen LogP contribution in [0.1, 0.15) is 41.7 Å². The Morgan fingerprint density at radius 3 is 2.33 bits per heavy atom. The van der Waals surface area contributed by atoms with Gasteiger partial charge in [0.25, 0.3) is 5.91 Å². The second-order valence-corrected chi connectivity index (χ2v) is 8.37. The maximum atomic E-state index is 13.9. The van der Waals surface area contributed by atoms with Crippen LogP contribution in [0.15, 0.2) is 95.7 Å². The Morgan fingerprint density at radius 2 is 1.64 bits per heavy atom. The number of benzene rings is 2. The minimum absolute atomic E-state index is 0.0440. The number of fused-ring (bicyclic) bond motifs is 3. The van der Waals surface area contributed by atoms with E-state index in [0.717, 1.165) is 17.1 Å². The molecular weight excluding hydrogens is 414 g/mol. The molecule has 33 heavy (non-hydrogen) atoms. The second-order valence-electron chi connectivity index (χ2n) is 8.37. The number of furan rings is 1. The highest BCUT2D eigenvalue weighted by Crippen LogP contribution is 2.42. The summed E-state index contributed by atoms with van der Waals surface area (Å²) in [6.45, 7) is 3.80. The fourth-order valence-electron chi connectivity index (χ4n) is 4.43. The molecule has 0 bridgehead atoms. The van der Waals surface area contributed by atoms with Gasteiger partial charge in [-0.1, -0.05) is 30.3 Å². The molecule has 0 fully saturated rings. The predicted molar refractivity (Wildman–Crippen MR) is 126 cm³/mol. The molecule has 2 aromatic carbocycles. The summed E-state index contributed by atoms with van der Waals surface area (Å²) in [7, 11) is 0. The second kappa shape index (κ2) is 8.47. The van der Waals surface area contributed by atoms with E-state index in [1.807, 2.05) is 86.8 Å². The first-order valence-corrected chi connectivity index (χ1v) is 11.0.